The number of carbonyl (C=O) groups excluding carboxylic acids is 1. The lowest BCUT2D eigenvalue weighted by molar-refractivity contribution is -0.141. The number of benzene rings is 2. The first-order valence-electron chi connectivity index (χ1n) is 9.69. The molecule has 1 atom stereocenters. The molecule has 0 bridgehead atoms. The number of nitrogens with zero attached hydrogens (tertiary/aromatic N) is 2. The van der Waals surface area contributed by atoms with Crippen molar-refractivity contribution in [2.75, 3.05) is 24.3 Å². The maximum absolute atomic E-state index is 13.1. The largest absolute Gasteiger partial charge is 0.480 e. The van der Waals surface area contributed by atoms with Crippen LogP contribution in [0.3, 0.4) is 0 Å². The summed E-state index contributed by atoms with van der Waals surface area (Å²) in [5.74, 6) is -1.60. The van der Waals surface area contributed by atoms with Gasteiger partial charge in [0.25, 0.3) is 5.91 Å². The summed E-state index contributed by atoms with van der Waals surface area (Å²) < 4.78 is 27.2. The maximum Gasteiger partial charge on any atom is 0.326 e. The number of aliphatic carboxylic acids is 1. The third-order valence-electron chi connectivity index (χ3n) is 5.18. The van der Waals surface area contributed by atoms with Crippen molar-refractivity contribution in [1.82, 2.24) is 4.31 Å². The Balaban J connectivity index is 1.56. The van der Waals surface area contributed by atoms with E-state index >= 15 is 0 Å². The van der Waals surface area contributed by atoms with Crippen molar-refractivity contribution in [3.05, 3.63) is 76.7 Å². The SMILES string of the molecule is CN(C)c1ccc(C(=O)Nc2cc3c(s2)CN(C(C(=O)O)c2ccccc2)S3(=O)=O)cc1. The van der Waals surface area contributed by atoms with Crippen molar-refractivity contribution in [3.63, 3.8) is 0 Å². The molecule has 0 saturated heterocycles. The van der Waals surface area contributed by atoms with E-state index in [0.717, 1.165) is 21.3 Å². The van der Waals surface area contributed by atoms with Gasteiger partial charge in [-0.15, -0.1) is 11.3 Å². The Hall–Kier alpha value is -3.21. The van der Waals surface area contributed by atoms with Gasteiger partial charge in [-0.2, -0.15) is 4.31 Å². The smallest absolute Gasteiger partial charge is 0.326 e. The van der Waals surface area contributed by atoms with Crippen LogP contribution in [0, 0.1) is 0 Å². The first kappa shape index (κ1) is 22.0. The van der Waals surface area contributed by atoms with Crippen LogP contribution in [-0.4, -0.2) is 43.8 Å². The third kappa shape index (κ3) is 3.99. The average Bonchev–Trinajstić information content (AvgIpc) is 3.26. The fraction of sp³-hybridized carbons (Fsp3) is 0.182. The predicted molar refractivity (Wildman–Crippen MR) is 123 cm³/mol. The number of carboxylic acids is 1. The van der Waals surface area contributed by atoms with Gasteiger partial charge < -0.3 is 15.3 Å². The number of amides is 1. The Morgan fingerprint density at radius 3 is 2.31 bits per heavy atom. The molecule has 2 aromatic carbocycles. The zero-order chi connectivity index (χ0) is 23.0. The average molecular weight is 472 g/mol. The number of sulfonamides is 1. The van der Waals surface area contributed by atoms with Gasteiger partial charge >= 0.3 is 5.97 Å². The quantitative estimate of drug-likeness (QED) is 0.571. The molecule has 1 aromatic heterocycles. The van der Waals surface area contributed by atoms with Crippen LogP contribution in [0.25, 0.3) is 0 Å². The second-order valence-electron chi connectivity index (χ2n) is 7.50. The van der Waals surface area contributed by atoms with Gasteiger partial charge in [-0.1, -0.05) is 30.3 Å². The van der Waals surface area contributed by atoms with Gasteiger partial charge in [0.05, 0.1) is 16.4 Å². The first-order chi connectivity index (χ1) is 15.2. The number of thiophene rings is 1. The van der Waals surface area contributed by atoms with Gasteiger partial charge in [-0.25, -0.2) is 8.42 Å². The molecule has 0 saturated carbocycles. The van der Waals surface area contributed by atoms with E-state index in [9.17, 15) is 23.1 Å². The van der Waals surface area contributed by atoms with E-state index < -0.39 is 22.0 Å². The van der Waals surface area contributed by atoms with Crippen LogP contribution in [0.2, 0.25) is 0 Å². The molecule has 0 spiro atoms. The predicted octanol–water partition coefficient (Wildman–Crippen LogP) is 3.40. The molecule has 0 fully saturated rings. The van der Waals surface area contributed by atoms with Gasteiger partial charge in [0.2, 0.25) is 10.0 Å². The Bertz CT molecular complexity index is 1270. The zero-order valence-corrected chi connectivity index (χ0v) is 19.0. The van der Waals surface area contributed by atoms with E-state index in [1.807, 2.05) is 31.1 Å². The molecule has 8 nitrogen and oxygen atoms in total. The minimum atomic E-state index is -4.03. The summed E-state index contributed by atoms with van der Waals surface area (Å²) in [4.78, 5) is 26.9. The van der Waals surface area contributed by atoms with Crippen LogP contribution >= 0.6 is 11.3 Å². The van der Waals surface area contributed by atoms with Gasteiger partial charge in [0.1, 0.15) is 6.04 Å². The van der Waals surface area contributed by atoms with Crippen molar-refractivity contribution < 1.29 is 23.1 Å². The Kier molecular flexibility index (Phi) is 5.76. The molecular weight excluding hydrogens is 450 g/mol. The maximum atomic E-state index is 13.1. The number of hydrogen-bond acceptors (Lipinski definition) is 6. The molecule has 4 rings (SSSR count). The van der Waals surface area contributed by atoms with Gasteiger partial charge in [-0.05, 0) is 35.9 Å². The van der Waals surface area contributed by atoms with Crippen molar-refractivity contribution in [2.24, 2.45) is 0 Å². The highest BCUT2D eigenvalue weighted by atomic mass is 32.2. The molecule has 1 amide bonds. The van der Waals surface area contributed by atoms with Crippen molar-refractivity contribution >= 4 is 43.9 Å². The van der Waals surface area contributed by atoms with E-state index in [-0.39, 0.29) is 17.3 Å². The zero-order valence-electron chi connectivity index (χ0n) is 17.3. The van der Waals surface area contributed by atoms with Crippen molar-refractivity contribution in [2.45, 2.75) is 17.5 Å². The Morgan fingerprint density at radius 1 is 1.09 bits per heavy atom. The fourth-order valence-electron chi connectivity index (χ4n) is 3.55. The minimum absolute atomic E-state index is 0.0305. The molecule has 0 aliphatic carbocycles. The molecule has 32 heavy (non-hydrogen) atoms. The van der Waals surface area contributed by atoms with E-state index in [2.05, 4.69) is 5.32 Å². The summed E-state index contributed by atoms with van der Waals surface area (Å²) >= 11 is 1.13. The monoisotopic (exact) mass is 471 g/mol. The number of carboxylic acid groups (broad SMARTS) is 1. The molecule has 1 unspecified atom stereocenters. The minimum Gasteiger partial charge on any atom is -0.480 e. The molecular formula is C22H21N3O5S2. The van der Waals surface area contributed by atoms with E-state index in [4.69, 9.17) is 0 Å². The van der Waals surface area contributed by atoms with Crippen LogP contribution in [0.1, 0.15) is 26.8 Å². The molecule has 1 aliphatic rings. The summed E-state index contributed by atoms with van der Waals surface area (Å²) in [6, 6.07) is 15.4. The second-order valence-corrected chi connectivity index (χ2v) is 10.5. The Labute approximate surface area is 189 Å². The normalized spacial score (nSPS) is 15.7. The number of anilines is 2. The van der Waals surface area contributed by atoms with Crippen molar-refractivity contribution in [1.29, 1.82) is 0 Å². The lowest BCUT2D eigenvalue weighted by Crippen LogP contribution is -2.34. The van der Waals surface area contributed by atoms with Crippen LogP contribution in [0.5, 0.6) is 0 Å². The van der Waals surface area contributed by atoms with E-state index in [1.165, 1.54) is 6.07 Å². The Morgan fingerprint density at radius 2 is 1.75 bits per heavy atom. The van der Waals surface area contributed by atoms with E-state index in [1.54, 1.807) is 42.5 Å². The summed E-state index contributed by atoms with van der Waals surface area (Å²) in [7, 11) is -0.224. The van der Waals surface area contributed by atoms with E-state index in [0.29, 0.717) is 21.0 Å². The number of rotatable bonds is 6. The molecule has 1 aliphatic heterocycles. The molecule has 2 N–H and O–H groups in total. The van der Waals surface area contributed by atoms with Gasteiger partial charge in [-0.3, -0.25) is 9.59 Å². The third-order valence-corrected chi connectivity index (χ3v) is 8.22. The standard InChI is InChI=1S/C22H21N3O5S2/c1-24(2)16-10-8-15(9-11-16)21(26)23-19-12-18-17(31-19)13-25(32(18,29)30)20(22(27)28)14-6-4-3-5-7-14/h3-12,20H,13H2,1-2H3,(H,23,26)(H,27,28). The van der Waals surface area contributed by atoms with Crippen LogP contribution in [-0.2, 0) is 21.4 Å². The molecule has 0 radical (unpaired) electrons. The van der Waals surface area contributed by atoms with Gasteiger partial charge in [0, 0.05) is 30.2 Å². The topological polar surface area (TPSA) is 107 Å². The van der Waals surface area contributed by atoms with Crippen molar-refractivity contribution in [3.8, 4) is 0 Å². The second kappa shape index (κ2) is 8.38. The van der Waals surface area contributed by atoms with Crippen LogP contribution in [0.15, 0.2) is 65.6 Å². The number of hydrogen-bond donors (Lipinski definition) is 2. The summed E-state index contributed by atoms with van der Waals surface area (Å²) in [6.45, 7) is -0.0679. The molecule has 10 heteroatoms. The lowest BCUT2D eigenvalue weighted by Gasteiger charge is -2.23. The molecule has 166 valence electrons. The summed E-state index contributed by atoms with van der Waals surface area (Å²) in [5.41, 5.74) is 1.78. The highest BCUT2D eigenvalue weighted by Gasteiger charge is 2.44. The molecule has 3 aromatic rings. The highest BCUT2D eigenvalue weighted by molar-refractivity contribution is 7.89. The number of fused-ring (bicyclic) bond motifs is 1. The van der Waals surface area contributed by atoms with Crippen LogP contribution in [0.4, 0.5) is 10.7 Å². The first-order valence-corrected chi connectivity index (χ1v) is 11.9. The number of carbonyl (C=O) groups is 2. The number of nitrogens with one attached hydrogen (secondary N) is 1. The molecule has 2 heterocycles. The summed E-state index contributed by atoms with van der Waals surface area (Å²) in [5, 5.41) is 12.9. The summed E-state index contributed by atoms with van der Waals surface area (Å²) in [6.07, 6.45) is 0. The van der Waals surface area contributed by atoms with Crippen LogP contribution < -0.4 is 10.2 Å². The fourth-order valence-corrected chi connectivity index (χ4v) is 6.75. The lowest BCUT2D eigenvalue weighted by atomic mass is 10.1. The van der Waals surface area contributed by atoms with Gasteiger partial charge in [0.15, 0.2) is 0 Å². The highest BCUT2D eigenvalue weighted by Crippen LogP contribution is 2.43.